The first kappa shape index (κ1) is 15.6. The normalized spacial score (nSPS) is 19.7. The molecule has 0 saturated heterocycles. The molecule has 0 spiro atoms. The summed E-state index contributed by atoms with van der Waals surface area (Å²) in [5.41, 5.74) is 5.99. The predicted octanol–water partition coefficient (Wildman–Crippen LogP) is 1.66. The molecule has 0 fully saturated rings. The summed E-state index contributed by atoms with van der Waals surface area (Å²) in [6.45, 7) is 4.93. The van der Waals surface area contributed by atoms with Crippen molar-refractivity contribution in [3.05, 3.63) is 24.3 Å². The molecule has 0 aromatic heterocycles. The summed E-state index contributed by atoms with van der Waals surface area (Å²) in [6, 6.07) is 7.09. The number of carbonyl (C=O) groups excluding carboxylic acids is 1. The highest BCUT2D eigenvalue weighted by molar-refractivity contribution is 5.81. The van der Waals surface area contributed by atoms with Gasteiger partial charge in [0.05, 0.1) is 12.6 Å². The lowest BCUT2D eigenvalue weighted by molar-refractivity contribution is -0.133. The summed E-state index contributed by atoms with van der Waals surface area (Å²) in [5, 5.41) is 0. The van der Waals surface area contributed by atoms with Crippen LogP contribution in [0.4, 0.5) is 0 Å². The molecule has 1 aliphatic heterocycles. The molecule has 116 valence electrons. The van der Waals surface area contributed by atoms with Gasteiger partial charge in [-0.15, -0.1) is 0 Å². The van der Waals surface area contributed by atoms with Crippen LogP contribution in [0.25, 0.3) is 0 Å². The van der Waals surface area contributed by atoms with Crippen molar-refractivity contribution < 1.29 is 14.3 Å². The number of carbonyl (C=O) groups is 1. The van der Waals surface area contributed by atoms with Gasteiger partial charge in [-0.2, -0.15) is 0 Å². The molecule has 2 N–H and O–H groups in total. The Morgan fingerprint density at radius 1 is 1.43 bits per heavy atom. The van der Waals surface area contributed by atoms with Crippen LogP contribution in [0, 0.1) is 5.92 Å². The average molecular weight is 292 g/mol. The van der Waals surface area contributed by atoms with Crippen LogP contribution >= 0.6 is 0 Å². The molecule has 0 aliphatic carbocycles. The average Bonchev–Trinajstić information content (AvgIpc) is 2.52. The Morgan fingerprint density at radius 2 is 2.10 bits per heavy atom. The standard InChI is InChI=1S/C16H24N2O3/c1-4-11(2)15(17)16(19)18(3)9-12-10-20-13-7-5-6-8-14(13)21-12/h5-8,11-12,15H,4,9-10,17H2,1-3H3/t11?,12?,15-/m0/s1. The quantitative estimate of drug-likeness (QED) is 0.896. The van der Waals surface area contributed by atoms with E-state index in [1.165, 1.54) is 0 Å². The van der Waals surface area contributed by atoms with Gasteiger partial charge in [0.25, 0.3) is 0 Å². The van der Waals surface area contributed by atoms with Gasteiger partial charge in [-0.25, -0.2) is 0 Å². The van der Waals surface area contributed by atoms with Crippen molar-refractivity contribution in [3.63, 3.8) is 0 Å². The number of hydrogen-bond acceptors (Lipinski definition) is 4. The summed E-state index contributed by atoms with van der Waals surface area (Å²) in [4.78, 5) is 13.9. The van der Waals surface area contributed by atoms with Gasteiger partial charge in [-0.1, -0.05) is 32.4 Å². The number of para-hydroxylation sites is 2. The number of hydrogen-bond donors (Lipinski definition) is 1. The second-order valence-electron chi connectivity index (χ2n) is 5.63. The summed E-state index contributed by atoms with van der Waals surface area (Å²) in [6.07, 6.45) is 0.718. The van der Waals surface area contributed by atoms with Gasteiger partial charge in [0.1, 0.15) is 6.61 Å². The van der Waals surface area contributed by atoms with Gasteiger partial charge in [0.15, 0.2) is 17.6 Å². The Morgan fingerprint density at radius 3 is 2.76 bits per heavy atom. The molecule has 5 nitrogen and oxygen atoms in total. The number of fused-ring (bicyclic) bond motifs is 1. The summed E-state index contributed by atoms with van der Waals surface area (Å²) >= 11 is 0. The van der Waals surface area contributed by atoms with E-state index in [1.54, 1.807) is 11.9 Å². The van der Waals surface area contributed by atoms with Crippen molar-refractivity contribution in [2.24, 2.45) is 11.7 Å². The van der Waals surface area contributed by atoms with E-state index in [0.717, 1.165) is 17.9 Å². The Balaban J connectivity index is 1.92. The third-order valence-corrected chi connectivity index (χ3v) is 3.96. The van der Waals surface area contributed by atoms with E-state index in [4.69, 9.17) is 15.2 Å². The topological polar surface area (TPSA) is 64.8 Å². The molecule has 0 bridgehead atoms. The van der Waals surface area contributed by atoms with Crippen LogP contribution in [0.5, 0.6) is 11.5 Å². The summed E-state index contributed by atoms with van der Waals surface area (Å²) in [7, 11) is 1.76. The molecular formula is C16H24N2O3. The van der Waals surface area contributed by atoms with E-state index in [0.29, 0.717) is 13.2 Å². The molecule has 2 unspecified atom stereocenters. The van der Waals surface area contributed by atoms with Crippen molar-refractivity contribution in [2.45, 2.75) is 32.4 Å². The minimum atomic E-state index is -0.461. The van der Waals surface area contributed by atoms with Crippen molar-refractivity contribution in [1.82, 2.24) is 4.90 Å². The highest BCUT2D eigenvalue weighted by Crippen LogP contribution is 2.30. The Kier molecular flexibility index (Phi) is 5.07. The minimum Gasteiger partial charge on any atom is -0.486 e. The molecule has 0 radical (unpaired) electrons. The maximum Gasteiger partial charge on any atom is 0.239 e. The second kappa shape index (κ2) is 6.80. The third kappa shape index (κ3) is 3.67. The summed E-state index contributed by atoms with van der Waals surface area (Å²) in [5.74, 6) is 1.59. The zero-order chi connectivity index (χ0) is 15.4. The second-order valence-corrected chi connectivity index (χ2v) is 5.63. The fourth-order valence-corrected chi connectivity index (χ4v) is 2.30. The fourth-order valence-electron chi connectivity index (χ4n) is 2.30. The molecule has 3 atom stereocenters. The van der Waals surface area contributed by atoms with Gasteiger partial charge < -0.3 is 20.1 Å². The van der Waals surface area contributed by atoms with Crippen LogP contribution in [-0.4, -0.2) is 43.2 Å². The molecule has 21 heavy (non-hydrogen) atoms. The van der Waals surface area contributed by atoms with Gasteiger partial charge in [-0.05, 0) is 18.1 Å². The number of nitrogens with zero attached hydrogens (tertiary/aromatic N) is 1. The molecule has 2 rings (SSSR count). The van der Waals surface area contributed by atoms with Crippen LogP contribution in [0.3, 0.4) is 0 Å². The fraction of sp³-hybridized carbons (Fsp3) is 0.562. The van der Waals surface area contributed by atoms with E-state index >= 15 is 0 Å². The number of ether oxygens (including phenoxy) is 2. The number of benzene rings is 1. The van der Waals surface area contributed by atoms with E-state index in [2.05, 4.69) is 0 Å². The first-order valence-corrected chi connectivity index (χ1v) is 7.42. The lowest BCUT2D eigenvalue weighted by Crippen LogP contribution is -2.49. The Labute approximate surface area is 126 Å². The van der Waals surface area contributed by atoms with Gasteiger partial charge in [0.2, 0.25) is 5.91 Å². The maximum absolute atomic E-state index is 12.3. The first-order valence-electron chi connectivity index (χ1n) is 7.42. The molecule has 1 aromatic carbocycles. The van der Waals surface area contributed by atoms with Gasteiger partial charge in [0, 0.05) is 7.05 Å². The maximum atomic E-state index is 12.3. The number of amides is 1. The van der Waals surface area contributed by atoms with E-state index in [-0.39, 0.29) is 17.9 Å². The summed E-state index contributed by atoms with van der Waals surface area (Å²) < 4.78 is 11.5. The van der Waals surface area contributed by atoms with Gasteiger partial charge in [-0.3, -0.25) is 4.79 Å². The van der Waals surface area contributed by atoms with E-state index < -0.39 is 6.04 Å². The van der Waals surface area contributed by atoms with Gasteiger partial charge >= 0.3 is 0 Å². The molecule has 5 heteroatoms. The molecule has 1 aliphatic rings. The molecular weight excluding hydrogens is 268 g/mol. The SMILES string of the molecule is CCC(C)[C@H](N)C(=O)N(C)CC1COc2ccccc2O1. The molecule has 1 aromatic rings. The number of rotatable bonds is 5. The van der Waals surface area contributed by atoms with Crippen molar-refractivity contribution in [2.75, 3.05) is 20.2 Å². The molecule has 0 saturated carbocycles. The molecule has 1 amide bonds. The van der Waals surface area contributed by atoms with Crippen LogP contribution in [0.1, 0.15) is 20.3 Å². The highest BCUT2D eigenvalue weighted by atomic mass is 16.6. The van der Waals surface area contributed by atoms with Crippen molar-refractivity contribution in [1.29, 1.82) is 0 Å². The predicted molar refractivity (Wildman–Crippen MR) is 81.4 cm³/mol. The monoisotopic (exact) mass is 292 g/mol. The molecule has 1 heterocycles. The largest absolute Gasteiger partial charge is 0.486 e. The number of likely N-dealkylation sites (N-methyl/N-ethyl adjacent to an activating group) is 1. The first-order chi connectivity index (χ1) is 10.0. The van der Waals surface area contributed by atoms with Crippen molar-refractivity contribution >= 4 is 5.91 Å². The van der Waals surface area contributed by atoms with E-state index in [9.17, 15) is 4.79 Å². The zero-order valence-corrected chi connectivity index (χ0v) is 12.9. The van der Waals surface area contributed by atoms with Crippen LogP contribution in [0.15, 0.2) is 24.3 Å². The van der Waals surface area contributed by atoms with Crippen LogP contribution < -0.4 is 15.2 Å². The Bertz CT molecular complexity index is 492. The highest BCUT2D eigenvalue weighted by Gasteiger charge is 2.27. The van der Waals surface area contributed by atoms with Crippen LogP contribution in [0.2, 0.25) is 0 Å². The van der Waals surface area contributed by atoms with E-state index in [1.807, 2.05) is 38.1 Å². The van der Waals surface area contributed by atoms with Crippen LogP contribution in [-0.2, 0) is 4.79 Å². The van der Waals surface area contributed by atoms with Crippen molar-refractivity contribution in [3.8, 4) is 11.5 Å². The smallest absolute Gasteiger partial charge is 0.239 e. The lowest BCUT2D eigenvalue weighted by atomic mass is 9.99. The zero-order valence-electron chi connectivity index (χ0n) is 12.9. The Hall–Kier alpha value is -1.75. The number of nitrogens with two attached hydrogens (primary N) is 1. The third-order valence-electron chi connectivity index (χ3n) is 3.96. The lowest BCUT2D eigenvalue weighted by Gasteiger charge is -2.31. The minimum absolute atomic E-state index is 0.0493.